The maximum absolute atomic E-state index is 11.0. The van der Waals surface area contributed by atoms with Crippen LogP contribution in [-0.4, -0.2) is 30.9 Å². The van der Waals surface area contributed by atoms with Crippen LogP contribution in [-0.2, 0) is 4.74 Å². The van der Waals surface area contributed by atoms with Gasteiger partial charge in [0.25, 0.3) is 0 Å². The molecule has 1 rings (SSSR count). The molecule has 0 aromatic heterocycles. The summed E-state index contributed by atoms with van der Waals surface area (Å²) in [5, 5.41) is 9.46. The number of ether oxygens (including phenoxy) is 2. The molecule has 0 spiro atoms. The molecule has 0 bridgehead atoms. The van der Waals surface area contributed by atoms with Crippen LogP contribution < -0.4 is 4.74 Å². The van der Waals surface area contributed by atoms with Crippen LogP contribution in [0.25, 0.3) is 0 Å². The summed E-state index contributed by atoms with van der Waals surface area (Å²) in [7, 11) is 0. The number of halogens is 2. The van der Waals surface area contributed by atoms with Crippen LogP contribution in [0.3, 0.4) is 0 Å². The molecule has 6 heteroatoms. The molecule has 0 atom stereocenters. The van der Waals surface area contributed by atoms with Crippen LogP contribution in [0.1, 0.15) is 23.7 Å². The fourth-order valence-electron chi connectivity index (χ4n) is 1.31. The summed E-state index contributed by atoms with van der Waals surface area (Å²) in [6.45, 7) is 3.26. The fraction of sp³-hybridized carbons (Fsp3) is 0.417. The lowest BCUT2D eigenvalue weighted by atomic mass is 10.2. The first-order valence-corrected chi connectivity index (χ1v) is 6.24. The summed E-state index contributed by atoms with van der Waals surface area (Å²) in [4.78, 5) is 11.0. The van der Waals surface area contributed by atoms with Crippen molar-refractivity contribution in [3.8, 4) is 5.75 Å². The number of carboxylic acids is 1. The molecule has 0 aliphatic rings. The van der Waals surface area contributed by atoms with Gasteiger partial charge in [-0.3, -0.25) is 0 Å². The average molecular weight is 293 g/mol. The van der Waals surface area contributed by atoms with E-state index in [1.54, 1.807) is 0 Å². The third kappa shape index (κ3) is 4.37. The van der Waals surface area contributed by atoms with Crippen molar-refractivity contribution in [2.75, 3.05) is 19.8 Å². The molecule has 0 saturated heterocycles. The van der Waals surface area contributed by atoms with Gasteiger partial charge >= 0.3 is 5.97 Å². The number of benzene rings is 1. The van der Waals surface area contributed by atoms with E-state index in [2.05, 4.69) is 0 Å². The molecule has 0 heterocycles. The monoisotopic (exact) mass is 292 g/mol. The first-order chi connectivity index (χ1) is 8.56. The van der Waals surface area contributed by atoms with Gasteiger partial charge in [0.1, 0.15) is 12.2 Å². The van der Waals surface area contributed by atoms with Gasteiger partial charge in [-0.2, -0.15) is 0 Å². The van der Waals surface area contributed by atoms with E-state index < -0.39 is 5.97 Å². The summed E-state index contributed by atoms with van der Waals surface area (Å²) in [6.07, 6.45) is 0.919. The van der Waals surface area contributed by atoms with Crippen molar-refractivity contribution < 1.29 is 19.4 Å². The van der Waals surface area contributed by atoms with Gasteiger partial charge in [0.05, 0.1) is 11.6 Å². The van der Waals surface area contributed by atoms with E-state index in [1.807, 2.05) is 6.92 Å². The van der Waals surface area contributed by atoms with Gasteiger partial charge in [-0.05, 0) is 18.6 Å². The quantitative estimate of drug-likeness (QED) is 0.782. The van der Waals surface area contributed by atoms with E-state index >= 15 is 0 Å². The maximum atomic E-state index is 11.0. The Morgan fingerprint density at radius 3 is 2.61 bits per heavy atom. The highest BCUT2D eigenvalue weighted by molar-refractivity contribution is 6.36. The number of aromatic carboxylic acids is 1. The standard InChI is InChI=1S/C12H14Cl2O4/c1-2-3-17-4-5-18-11-9(12(15)16)6-8(13)7-10(11)14/h6-7H,2-5H2,1H3,(H,15,16). The Morgan fingerprint density at radius 1 is 1.28 bits per heavy atom. The third-order valence-electron chi connectivity index (χ3n) is 2.06. The molecular formula is C12H14Cl2O4. The molecule has 100 valence electrons. The highest BCUT2D eigenvalue weighted by atomic mass is 35.5. The highest BCUT2D eigenvalue weighted by Crippen LogP contribution is 2.32. The molecule has 1 aromatic rings. The van der Waals surface area contributed by atoms with Crippen LogP contribution in [0.4, 0.5) is 0 Å². The molecule has 0 amide bonds. The van der Waals surface area contributed by atoms with Gasteiger partial charge in [-0.1, -0.05) is 30.1 Å². The number of carbonyl (C=O) groups is 1. The molecule has 0 aliphatic heterocycles. The van der Waals surface area contributed by atoms with Crippen molar-refractivity contribution in [1.29, 1.82) is 0 Å². The summed E-state index contributed by atoms with van der Waals surface area (Å²) in [5.41, 5.74) is -0.0528. The largest absolute Gasteiger partial charge is 0.489 e. The summed E-state index contributed by atoms with van der Waals surface area (Å²) >= 11 is 11.6. The van der Waals surface area contributed by atoms with Gasteiger partial charge in [0.15, 0.2) is 5.75 Å². The Morgan fingerprint density at radius 2 is 2.00 bits per heavy atom. The fourth-order valence-corrected chi connectivity index (χ4v) is 1.86. The van der Waals surface area contributed by atoms with E-state index in [0.717, 1.165) is 6.42 Å². The topological polar surface area (TPSA) is 55.8 Å². The van der Waals surface area contributed by atoms with Crippen molar-refractivity contribution in [3.63, 3.8) is 0 Å². The Kier molecular flexibility index (Phi) is 6.25. The molecule has 0 saturated carbocycles. The lowest BCUT2D eigenvalue weighted by Crippen LogP contribution is -2.10. The molecule has 0 unspecified atom stereocenters. The second-order valence-corrected chi connectivity index (χ2v) is 4.37. The van der Waals surface area contributed by atoms with Gasteiger partial charge in [-0.15, -0.1) is 0 Å². The molecule has 4 nitrogen and oxygen atoms in total. The maximum Gasteiger partial charge on any atom is 0.339 e. The van der Waals surface area contributed by atoms with Crippen LogP contribution in [0.15, 0.2) is 12.1 Å². The average Bonchev–Trinajstić information content (AvgIpc) is 2.30. The summed E-state index contributed by atoms with van der Waals surface area (Å²) in [6, 6.07) is 2.75. The van der Waals surface area contributed by atoms with E-state index in [4.69, 9.17) is 37.8 Å². The number of carboxylic acid groups (broad SMARTS) is 1. The summed E-state index contributed by atoms with van der Waals surface area (Å²) < 4.78 is 10.6. The van der Waals surface area contributed by atoms with Crippen LogP contribution in [0, 0.1) is 0 Å². The van der Waals surface area contributed by atoms with E-state index in [9.17, 15) is 4.79 Å². The first-order valence-electron chi connectivity index (χ1n) is 5.49. The Balaban J connectivity index is 2.71. The van der Waals surface area contributed by atoms with Gasteiger partial charge in [-0.25, -0.2) is 4.79 Å². The predicted molar refractivity (Wildman–Crippen MR) is 70.0 cm³/mol. The normalized spacial score (nSPS) is 10.4. The van der Waals surface area contributed by atoms with Crippen LogP contribution in [0.2, 0.25) is 10.0 Å². The Hall–Kier alpha value is -0.970. The number of hydrogen-bond acceptors (Lipinski definition) is 3. The Bertz CT molecular complexity index is 421. The van der Waals surface area contributed by atoms with Gasteiger partial charge in [0, 0.05) is 11.6 Å². The van der Waals surface area contributed by atoms with Gasteiger partial charge in [0.2, 0.25) is 0 Å². The molecular weight excluding hydrogens is 279 g/mol. The van der Waals surface area contributed by atoms with Crippen molar-refractivity contribution in [2.24, 2.45) is 0 Å². The van der Waals surface area contributed by atoms with Gasteiger partial charge < -0.3 is 14.6 Å². The zero-order chi connectivity index (χ0) is 13.5. The minimum atomic E-state index is -1.14. The predicted octanol–water partition coefficient (Wildman–Crippen LogP) is 3.50. The van der Waals surface area contributed by atoms with E-state index in [-0.39, 0.29) is 28.0 Å². The highest BCUT2D eigenvalue weighted by Gasteiger charge is 2.16. The molecule has 18 heavy (non-hydrogen) atoms. The lowest BCUT2D eigenvalue weighted by molar-refractivity contribution is 0.0685. The van der Waals surface area contributed by atoms with Crippen LogP contribution >= 0.6 is 23.2 Å². The molecule has 0 aliphatic carbocycles. The number of hydrogen-bond donors (Lipinski definition) is 1. The van der Waals surface area contributed by atoms with Crippen molar-refractivity contribution in [2.45, 2.75) is 13.3 Å². The minimum Gasteiger partial charge on any atom is -0.489 e. The van der Waals surface area contributed by atoms with E-state index in [1.165, 1.54) is 12.1 Å². The zero-order valence-corrected chi connectivity index (χ0v) is 11.4. The first kappa shape index (κ1) is 15.1. The smallest absolute Gasteiger partial charge is 0.339 e. The Labute approximate surface area is 115 Å². The minimum absolute atomic E-state index is 0.0528. The number of rotatable bonds is 7. The van der Waals surface area contributed by atoms with Crippen molar-refractivity contribution >= 4 is 29.2 Å². The molecule has 1 aromatic carbocycles. The summed E-state index contributed by atoms with van der Waals surface area (Å²) in [5.74, 6) is -1.02. The van der Waals surface area contributed by atoms with Crippen molar-refractivity contribution in [3.05, 3.63) is 27.7 Å². The molecule has 0 radical (unpaired) electrons. The zero-order valence-electron chi connectivity index (χ0n) is 9.91. The SMILES string of the molecule is CCCOCCOc1c(Cl)cc(Cl)cc1C(=O)O. The van der Waals surface area contributed by atoms with Crippen molar-refractivity contribution in [1.82, 2.24) is 0 Å². The second kappa shape index (κ2) is 7.46. The molecule has 1 N–H and O–H groups in total. The van der Waals surface area contributed by atoms with Crippen LogP contribution in [0.5, 0.6) is 5.75 Å². The lowest BCUT2D eigenvalue weighted by Gasteiger charge is -2.11. The molecule has 0 fully saturated rings. The second-order valence-electron chi connectivity index (χ2n) is 3.53. The third-order valence-corrected chi connectivity index (χ3v) is 2.56. The van der Waals surface area contributed by atoms with E-state index in [0.29, 0.717) is 13.2 Å².